The molecule has 0 fully saturated rings. The number of rotatable bonds is 4. The third-order valence-electron chi connectivity index (χ3n) is 1.79. The fraction of sp³-hybridized carbons (Fsp3) is 0.444. The zero-order valence-electron chi connectivity index (χ0n) is 8.10. The van der Waals surface area contributed by atoms with Crippen molar-refractivity contribution in [1.29, 1.82) is 0 Å². The number of nitrogens with one attached hydrogen (secondary N) is 1. The molecule has 1 amide bonds. The summed E-state index contributed by atoms with van der Waals surface area (Å²) in [6.07, 6.45) is -4.05. The van der Waals surface area contributed by atoms with E-state index < -0.39 is 18.5 Å². The highest BCUT2D eigenvalue weighted by Crippen LogP contribution is 2.21. The molecule has 7 heteroatoms. The predicted molar refractivity (Wildman–Crippen MR) is 51.3 cm³/mol. The van der Waals surface area contributed by atoms with Crippen LogP contribution >= 0.6 is 11.6 Å². The highest BCUT2D eigenvalue weighted by atomic mass is 35.5. The van der Waals surface area contributed by atoms with Gasteiger partial charge in [0.05, 0.1) is 11.8 Å². The molecule has 1 aromatic rings. The Bertz CT molecular complexity index is 362. The van der Waals surface area contributed by atoms with E-state index in [1.807, 2.05) is 0 Å². The summed E-state index contributed by atoms with van der Waals surface area (Å²) in [4.78, 5) is 11.3. The van der Waals surface area contributed by atoms with Gasteiger partial charge in [-0.2, -0.15) is 13.2 Å². The average Bonchev–Trinajstić information content (AvgIpc) is 2.57. The molecule has 0 spiro atoms. The van der Waals surface area contributed by atoms with Gasteiger partial charge in [-0.25, -0.2) is 0 Å². The molecule has 0 saturated heterocycles. The van der Waals surface area contributed by atoms with Crippen molar-refractivity contribution in [2.45, 2.75) is 19.0 Å². The van der Waals surface area contributed by atoms with Crippen LogP contribution in [0, 0.1) is 0 Å². The first-order valence-electron chi connectivity index (χ1n) is 4.48. The number of alkyl halides is 3. The molecule has 90 valence electrons. The second-order valence-electron chi connectivity index (χ2n) is 3.08. The van der Waals surface area contributed by atoms with E-state index >= 15 is 0 Å². The largest absolute Gasteiger partial charge is 0.452 e. The fourth-order valence-corrected chi connectivity index (χ4v) is 1.24. The minimum atomic E-state index is -4.20. The topological polar surface area (TPSA) is 42.2 Å². The third kappa shape index (κ3) is 4.14. The SMILES string of the molecule is O=C(NCCCC(F)(F)F)c1ccoc1Cl. The molecule has 0 aromatic carbocycles. The molecule has 16 heavy (non-hydrogen) atoms. The van der Waals surface area contributed by atoms with E-state index in [4.69, 9.17) is 11.6 Å². The molecule has 0 radical (unpaired) electrons. The first-order valence-corrected chi connectivity index (χ1v) is 4.86. The summed E-state index contributed by atoms with van der Waals surface area (Å²) in [5.74, 6) is -0.541. The first kappa shape index (κ1) is 12.9. The van der Waals surface area contributed by atoms with Gasteiger partial charge in [-0.05, 0) is 24.1 Å². The molecule has 1 aromatic heterocycles. The van der Waals surface area contributed by atoms with Crippen LogP contribution in [0.15, 0.2) is 16.7 Å². The number of carbonyl (C=O) groups is 1. The lowest BCUT2D eigenvalue weighted by Gasteiger charge is -2.06. The van der Waals surface area contributed by atoms with Gasteiger partial charge in [0.2, 0.25) is 5.22 Å². The highest BCUT2D eigenvalue weighted by molar-refractivity contribution is 6.32. The average molecular weight is 256 g/mol. The molecule has 0 aliphatic carbocycles. The van der Waals surface area contributed by atoms with Crippen LogP contribution in [0.2, 0.25) is 5.22 Å². The Morgan fingerprint density at radius 2 is 2.19 bits per heavy atom. The smallest absolute Gasteiger partial charge is 0.389 e. The van der Waals surface area contributed by atoms with Gasteiger partial charge in [0.1, 0.15) is 0 Å². The van der Waals surface area contributed by atoms with Crippen LogP contribution in [-0.2, 0) is 0 Å². The van der Waals surface area contributed by atoms with Gasteiger partial charge < -0.3 is 9.73 Å². The van der Waals surface area contributed by atoms with Crippen LogP contribution in [0.25, 0.3) is 0 Å². The number of hydrogen-bond donors (Lipinski definition) is 1. The Kier molecular flexibility index (Phi) is 4.23. The number of amides is 1. The molecule has 0 saturated carbocycles. The van der Waals surface area contributed by atoms with Gasteiger partial charge in [-0.3, -0.25) is 4.79 Å². The molecular formula is C9H9ClF3NO2. The lowest BCUT2D eigenvalue weighted by molar-refractivity contribution is -0.135. The zero-order chi connectivity index (χ0) is 12.2. The molecule has 3 nitrogen and oxygen atoms in total. The van der Waals surface area contributed by atoms with Crippen LogP contribution in [-0.4, -0.2) is 18.6 Å². The van der Waals surface area contributed by atoms with Crippen LogP contribution in [0.4, 0.5) is 13.2 Å². The van der Waals surface area contributed by atoms with E-state index in [1.54, 1.807) is 0 Å². The van der Waals surface area contributed by atoms with Crippen molar-refractivity contribution in [2.75, 3.05) is 6.54 Å². The summed E-state index contributed by atoms with van der Waals surface area (Å²) in [7, 11) is 0. The highest BCUT2D eigenvalue weighted by Gasteiger charge is 2.26. The maximum absolute atomic E-state index is 11.8. The molecule has 0 aliphatic rings. The summed E-state index contributed by atoms with van der Waals surface area (Å²) in [6, 6.07) is 1.35. The first-order chi connectivity index (χ1) is 7.40. The van der Waals surface area contributed by atoms with E-state index in [0.29, 0.717) is 0 Å². The van der Waals surface area contributed by atoms with Gasteiger partial charge in [-0.15, -0.1) is 0 Å². The van der Waals surface area contributed by atoms with Gasteiger partial charge in [0.25, 0.3) is 5.91 Å². The van der Waals surface area contributed by atoms with E-state index in [-0.39, 0.29) is 23.7 Å². The van der Waals surface area contributed by atoms with Crippen molar-refractivity contribution in [3.8, 4) is 0 Å². The molecule has 0 unspecified atom stereocenters. The molecule has 0 bridgehead atoms. The van der Waals surface area contributed by atoms with Gasteiger partial charge >= 0.3 is 6.18 Å². The number of carbonyl (C=O) groups excluding carboxylic acids is 1. The Labute approximate surface area is 94.6 Å². The summed E-state index contributed by atoms with van der Waals surface area (Å²) in [5, 5.41) is 2.24. The zero-order valence-corrected chi connectivity index (χ0v) is 8.86. The van der Waals surface area contributed by atoms with E-state index in [9.17, 15) is 18.0 Å². The Morgan fingerprint density at radius 1 is 1.50 bits per heavy atom. The quantitative estimate of drug-likeness (QED) is 0.841. The molecular weight excluding hydrogens is 247 g/mol. The van der Waals surface area contributed by atoms with Gasteiger partial charge in [0, 0.05) is 13.0 Å². The monoisotopic (exact) mass is 255 g/mol. The molecule has 1 heterocycles. The maximum atomic E-state index is 11.8. The van der Waals surface area contributed by atoms with Crippen LogP contribution in [0.1, 0.15) is 23.2 Å². The van der Waals surface area contributed by atoms with Crippen LogP contribution in [0.3, 0.4) is 0 Å². The third-order valence-corrected chi connectivity index (χ3v) is 2.08. The van der Waals surface area contributed by atoms with Crippen molar-refractivity contribution >= 4 is 17.5 Å². The molecule has 1 N–H and O–H groups in total. The van der Waals surface area contributed by atoms with Gasteiger partial charge in [0.15, 0.2) is 0 Å². The minimum Gasteiger partial charge on any atom is -0.452 e. The summed E-state index contributed by atoms with van der Waals surface area (Å²) in [5.41, 5.74) is 0.119. The maximum Gasteiger partial charge on any atom is 0.389 e. The fourth-order valence-electron chi connectivity index (χ4n) is 1.04. The van der Waals surface area contributed by atoms with Crippen molar-refractivity contribution < 1.29 is 22.4 Å². The summed E-state index contributed by atoms with van der Waals surface area (Å²) < 4.78 is 40.0. The standard InChI is InChI=1S/C9H9ClF3NO2/c10-7-6(2-5-16-7)8(15)14-4-1-3-9(11,12)13/h2,5H,1,3-4H2,(H,14,15). The summed E-state index contributed by atoms with van der Waals surface area (Å²) >= 11 is 5.51. The number of halogens is 4. The molecule has 0 aliphatic heterocycles. The van der Waals surface area contributed by atoms with Crippen LogP contribution < -0.4 is 5.32 Å². The van der Waals surface area contributed by atoms with E-state index in [1.165, 1.54) is 12.3 Å². The predicted octanol–water partition coefficient (Wildman–Crippen LogP) is 3.01. The Balaban J connectivity index is 2.29. The Morgan fingerprint density at radius 3 is 2.69 bits per heavy atom. The lowest BCUT2D eigenvalue weighted by atomic mass is 10.3. The van der Waals surface area contributed by atoms with Crippen molar-refractivity contribution in [3.63, 3.8) is 0 Å². The second-order valence-corrected chi connectivity index (χ2v) is 3.43. The number of furan rings is 1. The number of hydrogen-bond acceptors (Lipinski definition) is 2. The summed E-state index contributed by atoms with van der Waals surface area (Å²) in [6.45, 7) is -0.0557. The van der Waals surface area contributed by atoms with Crippen molar-refractivity contribution in [2.24, 2.45) is 0 Å². The van der Waals surface area contributed by atoms with E-state index in [2.05, 4.69) is 9.73 Å². The minimum absolute atomic E-state index is 0.0557. The van der Waals surface area contributed by atoms with Crippen LogP contribution in [0.5, 0.6) is 0 Å². The lowest BCUT2D eigenvalue weighted by Crippen LogP contribution is -2.25. The van der Waals surface area contributed by atoms with E-state index in [0.717, 1.165) is 0 Å². The van der Waals surface area contributed by atoms with Gasteiger partial charge in [-0.1, -0.05) is 0 Å². The molecule has 0 atom stereocenters. The molecule has 1 rings (SSSR count). The van der Waals surface area contributed by atoms with Crippen molar-refractivity contribution in [1.82, 2.24) is 5.32 Å². The normalized spacial score (nSPS) is 11.5. The second kappa shape index (κ2) is 5.25. The van der Waals surface area contributed by atoms with Crippen molar-refractivity contribution in [3.05, 3.63) is 23.1 Å². The Hall–Kier alpha value is -1.17.